The van der Waals surface area contributed by atoms with Crippen molar-refractivity contribution in [2.75, 3.05) is 33.0 Å². The summed E-state index contributed by atoms with van der Waals surface area (Å²) in [6.07, 6.45) is 0. The van der Waals surface area contributed by atoms with Gasteiger partial charge in [-0.05, 0) is 0 Å². The number of thiazole rings is 1. The number of likely N-dealkylation sites (N-methyl/N-ethyl adjacent to an activating group) is 1. The fraction of sp³-hybridized carbons (Fsp3) is 0.500. The van der Waals surface area contributed by atoms with Crippen molar-refractivity contribution in [3.63, 3.8) is 0 Å². The van der Waals surface area contributed by atoms with E-state index in [9.17, 15) is 4.79 Å². The number of anilines is 1. The van der Waals surface area contributed by atoms with Crippen LogP contribution >= 0.6 is 11.3 Å². The first-order chi connectivity index (χ1) is 6.65. The van der Waals surface area contributed by atoms with Gasteiger partial charge in [0.05, 0.1) is 6.61 Å². The van der Waals surface area contributed by atoms with Crippen molar-refractivity contribution in [3.05, 3.63) is 11.1 Å². The Morgan fingerprint density at radius 1 is 1.79 bits per heavy atom. The van der Waals surface area contributed by atoms with Crippen molar-refractivity contribution < 1.29 is 9.53 Å². The third-order valence-electron chi connectivity index (χ3n) is 1.72. The zero-order chi connectivity index (χ0) is 10.6. The average molecular weight is 215 g/mol. The second-order valence-corrected chi connectivity index (χ2v) is 3.68. The zero-order valence-corrected chi connectivity index (χ0v) is 9.00. The van der Waals surface area contributed by atoms with Gasteiger partial charge >= 0.3 is 0 Å². The van der Waals surface area contributed by atoms with E-state index in [0.717, 1.165) is 0 Å². The quantitative estimate of drug-likeness (QED) is 0.791. The van der Waals surface area contributed by atoms with Crippen molar-refractivity contribution in [2.45, 2.75) is 0 Å². The third-order valence-corrected chi connectivity index (χ3v) is 2.39. The van der Waals surface area contributed by atoms with Crippen LogP contribution in [0.5, 0.6) is 0 Å². The monoisotopic (exact) mass is 215 g/mol. The number of hydrogen-bond acceptors (Lipinski definition) is 5. The molecular formula is C8H13N3O2S. The van der Waals surface area contributed by atoms with Gasteiger partial charge in [-0.15, -0.1) is 11.3 Å². The topological polar surface area (TPSA) is 68.5 Å². The highest BCUT2D eigenvalue weighted by atomic mass is 32.1. The van der Waals surface area contributed by atoms with E-state index >= 15 is 0 Å². The van der Waals surface area contributed by atoms with Crippen LogP contribution in [-0.4, -0.2) is 43.1 Å². The fourth-order valence-corrected chi connectivity index (χ4v) is 1.45. The predicted octanol–water partition coefficient (Wildman–Crippen LogP) is 0.444. The molecule has 14 heavy (non-hydrogen) atoms. The van der Waals surface area contributed by atoms with Crippen molar-refractivity contribution in [2.24, 2.45) is 0 Å². The van der Waals surface area contributed by atoms with Gasteiger partial charge in [0.2, 0.25) is 0 Å². The number of rotatable bonds is 4. The second-order valence-electron chi connectivity index (χ2n) is 2.79. The third kappa shape index (κ3) is 2.68. The summed E-state index contributed by atoms with van der Waals surface area (Å²) in [6, 6.07) is 0. The fourth-order valence-electron chi connectivity index (χ4n) is 0.911. The Kier molecular flexibility index (Phi) is 3.84. The molecular weight excluding hydrogens is 202 g/mol. The Morgan fingerprint density at radius 2 is 2.50 bits per heavy atom. The molecule has 0 aliphatic heterocycles. The van der Waals surface area contributed by atoms with Gasteiger partial charge in [0.25, 0.3) is 5.91 Å². The Labute approximate surface area is 86.5 Å². The van der Waals surface area contributed by atoms with E-state index in [0.29, 0.717) is 24.0 Å². The number of aromatic nitrogens is 1. The lowest BCUT2D eigenvalue weighted by Crippen LogP contribution is -2.30. The molecule has 6 heteroatoms. The number of methoxy groups -OCH3 is 1. The molecule has 1 amide bonds. The summed E-state index contributed by atoms with van der Waals surface area (Å²) in [5.74, 6) is -0.130. The SMILES string of the molecule is COCCN(C)C(=O)c1csc(N)n1. The number of nitrogens with zero attached hydrogens (tertiary/aromatic N) is 2. The maximum Gasteiger partial charge on any atom is 0.273 e. The lowest BCUT2D eigenvalue weighted by Gasteiger charge is -2.14. The number of hydrogen-bond donors (Lipinski definition) is 1. The molecule has 0 saturated heterocycles. The molecule has 0 saturated carbocycles. The summed E-state index contributed by atoms with van der Waals surface area (Å²) >= 11 is 1.26. The Balaban J connectivity index is 2.56. The van der Waals surface area contributed by atoms with E-state index in [1.807, 2.05) is 0 Å². The van der Waals surface area contributed by atoms with Crippen molar-refractivity contribution >= 4 is 22.4 Å². The van der Waals surface area contributed by atoms with Crippen LogP contribution in [0.2, 0.25) is 0 Å². The van der Waals surface area contributed by atoms with Crippen LogP contribution in [0.1, 0.15) is 10.5 Å². The zero-order valence-electron chi connectivity index (χ0n) is 8.19. The first-order valence-corrected chi connectivity index (χ1v) is 4.98. The maximum atomic E-state index is 11.6. The highest BCUT2D eigenvalue weighted by Gasteiger charge is 2.13. The van der Waals surface area contributed by atoms with E-state index in [1.54, 1.807) is 24.4 Å². The molecule has 0 spiro atoms. The molecule has 1 aromatic rings. The van der Waals surface area contributed by atoms with Gasteiger partial charge in [0.15, 0.2) is 5.13 Å². The highest BCUT2D eigenvalue weighted by molar-refractivity contribution is 7.13. The lowest BCUT2D eigenvalue weighted by molar-refractivity contribution is 0.0739. The first-order valence-electron chi connectivity index (χ1n) is 4.10. The van der Waals surface area contributed by atoms with Gasteiger partial charge in [0.1, 0.15) is 5.69 Å². The van der Waals surface area contributed by atoms with Crippen LogP contribution < -0.4 is 5.73 Å². The van der Waals surface area contributed by atoms with Crippen molar-refractivity contribution in [3.8, 4) is 0 Å². The Hall–Kier alpha value is -1.14. The van der Waals surface area contributed by atoms with Crippen LogP contribution in [0, 0.1) is 0 Å². The van der Waals surface area contributed by atoms with Crippen LogP contribution in [0.25, 0.3) is 0 Å². The van der Waals surface area contributed by atoms with Crippen molar-refractivity contribution in [1.29, 1.82) is 0 Å². The number of nitrogens with two attached hydrogens (primary N) is 1. The summed E-state index contributed by atoms with van der Waals surface area (Å²) in [4.78, 5) is 17.1. The molecule has 0 aliphatic carbocycles. The van der Waals surface area contributed by atoms with E-state index in [2.05, 4.69) is 4.98 Å². The molecule has 1 heterocycles. The van der Waals surface area contributed by atoms with Gasteiger partial charge in [-0.2, -0.15) is 0 Å². The van der Waals surface area contributed by atoms with Crippen LogP contribution in [-0.2, 0) is 4.74 Å². The minimum atomic E-state index is -0.130. The molecule has 0 atom stereocenters. The van der Waals surface area contributed by atoms with E-state index < -0.39 is 0 Å². The predicted molar refractivity (Wildman–Crippen MR) is 55.4 cm³/mol. The summed E-state index contributed by atoms with van der Waals surface area (Å²) < 4.78 is 4.87. The van der Waals surface area contributed by atoms with Crippen LogP contribution in [0.4, 0.5) is 5.13 Å². The van der Waals surface area contributed by atoms with E-state index in [1.165, 1.54) is 11.3 Å². The number of amides is 1. The van der Waals surface area contributed by atoms with Gasteiger partial charge in [-0.25, -0.2) is 4.98 Å². The molecule has 0 bridgehead atoms. The molecule has 0 aliphatic rings. The summed E-state index contributed by atoms with van der Waals surface area (Å²) in [6.45, 7) is 1.06. The highest BCUT2D eigenvalue weighted by Crippen LogP contribution is 2.12. The Bertz CT molecular complexity index is 313. The first kappa shape index (κ1) is 10.9. The molecule has 78 valence electrons. The second kappa shape index (κ2) is 4.92. The molecule has 1 rings (SSSR count). The number of carbonyl (C=O) groups is 1. The molecule has 0 unspecified atom stereocenters. The Morgan fingerprint density at radius 3 is 3.00 bits per heavy atom. The molecule has 0 fully saturated rings. The van der Waals surface area contributed by atoms with Gasteiger partial charge < -0.3 is 15.4 Å². The summed E-state index contributed by atoms with van der Waals surface area (Å²) in [5.41, 5.74) is 5.82. The van der Waals surface area contributed by atoms with Gasteiger partial charge in [-0.1, -0.05) is 0 Å². The van der Waals surface area contributed by atoms with E-state index in [-0.39, 0.29) is 5.91 Å². The van der Waals surface area contributed by atoms with Crippen LogP contribution in [0.3, 0.4) is 0 Å². The average Bonchev–Trinajstić information content (AvgIpc) is 2.60. The molecule has 5 nitrogen and oxygen atoms in total. The van der Waals surface area contributed by atoms with Crippen LogP contribution in [0.15, 0.2) is 5.38 Å². The smallest absolute Gasteiger partial charge is 0.273 e. The lowest BCUT2D eigenvalue weighted by atomic mass is 10.4. The van der Waals surface area contributed by atoms with Gasteiger partial charge in [-0.3, -0.25) is 4.79 Å². The molecule has 0 aromatic carbocycles. The molecule has 0 radical (unpaired) electrons. The maximum absolute atomic E-state index is 11.6. The number of nitrogen functional groups attached to an aromatic ring is 1. The van der Waals surface area contributed by atoms with Crippen molar-refractivity contribution in [1.82, 2.24) is 9.88 Å². The van der Waals surface area contributed by atoms with E-state index in [4.69, 9.17) is 10.5 Å². The minimum Gasteiger partial charge on any atom is -0.383 e. The summed E-state index contributed by atoms with van der Waals surface area (Å²) in [7, 11) is 3.30. The minimum absolute atomic E-state index is 0.130. The standard InChI is InChI=1S/C8H13N3O2S/c1-11(3-4-13-2)7(12)6-5-14-8(9)10-6/h5H,3-4H2,1-2H3,(H2,9,10). The number of carbonyl (C=O) groups excluding carboxylic acids is 1. The number of ether oxygens (including phenoxy) is 1. The molecule has 2 N–H and O–H groups in total. The molecule has 1 aromatic heterocycles. The van der Waals surface area contributed by atoms with Gasteiger partial charge in [0, 0.05) is 26.1 Å². The largest absolute Gasteiger partial charge is 0.383 e. The normalized spacial score (nSPS) is 10.1. The summed E-state index contributed by atoms with van der Waals surface area (Å²) in [5, 5.41) is 2.06.